The molecule has 1 saturated heterocycles. The van der Waals surface area contributed by atoms with Crippen molar-refractivity contribution >= 4 is 24.1 Å². The summed E-state index contributed by atoms with van der Waals surface area (Å²) >= 11 is 0. The Morgan fingerprint density at radius 1 is 1.47 bits per heavy atom. The molecule has 106 valence electrons. The first-order valence-electron chi connectivity index (χ1n) is 5.93. The summed E-state index contributed by atoms with van der Waals surface area (Å²) < 4.78 is 5.26. The molecule has 0 saturated carbocycles. The van der Waals surface area contributed by atoms with Gasteiger partial charge in [-0.2, -0.15) is 4.73 Å². The van der Waals surface area contributed by atoms with Crippen molar-refractivity contribution in [1.82, 2.24) is 0 Å². The van der Waals surface area contributed by atoms with E-state index in [1.807, 2.05) is 0 Å². The van der Waals surface area contributed by atoms with E-state index >= 15 is 0 Å². The van der Waals surface area contributed by atoms with E-state index in [2.05, 4.69) is 9.64 Å². The van der Waals surface area contributed by atoms with Crippen molar-refractivity contribution in [2.24, 2.45) is 5.73 Å². The van der Waals surface area contributed by atoms with Crippen LogP contribution in [0, 0.1) is 5.21 Å². The van der Waals surface area contributed by atoms with E-state index in [1.54, 1.807) is 6.07 Å². The van der Waals surface area contributed by atoms with Crippen molar-refractivity contribution in [3.63, 3.8) is 0 Å². The predicted octanol–water partition coefficient (Wildman–Crippen LogP) is 0.456. The minimum Gasteiger partial charge on any atom is -0.619 e. The highest BCUT2D eigenvalue weighted by atomic mass is 35.5. The standard InChI is InChI=1S/C12H17N3O3.ClH/c1-18-12(16)9-6-11(8-15(17)7-9)14-4-2-10(13)3-5-14;/h6-8,10H,2-5,13H2,1H3;1H. The molecular weight excluding hydrogens is 270 g/mol. The summed E-state index contributed by atoms with van der Waals surface area (Å²) in [6.07, 6.45) is 4.46. The van der Waals surface area contributed by atoms with Crippen LogP contribution in [0.2, 0.25) is 0 Å². The first-order chi connectivity index (χ1) is 8.60. The van der Waals surface area contributed by atoms with E-state index in [9.17, 15) is 10.0 Å². The van der Waals surface area contributed by atoms with Gasteiger partial charge in [-0.15, -0.1) is 12.4 Å². The van der Waals surface area contributed by atoms with Crippen molar-refractivity contribution in [3.05, 3.63) is 29.2 Å². The zero-order valence-corrected chi connectivity index (χ0v) is 11.6. The molecule has 0 unspecified atom stereocenters. The molecule has 1 aliphatic heterocycles. The molecule has 0 radical (unpaired) electrons. The van der Waals surface area contributed by atoms with Gasteiger partial charge in [0.1, 0.15) is 11.3 Å². The fourth-order valence-electron chi connectivity index (χ4n) is 2.10. The zero-order valence-electron chi connectivity index (χ0n) is 10.7. The van der Waals surface area contributed by atoms with Crippen molar-refractivity contribution in [2.75, 3.05) is 25.1 Å². The number of nitrogens with zero attached hydrogens (tertiary/aromatic N) is 2. The van der Waals surface area contributed by atoms with Crippen LogP contribution in [0.25, 0.3) is 0 Å². The first kappa shape index (κ1) is 15.5. The molecule has 1 aliphatic rings. The molecule has 0 spiro atoms. The third-order valence-corrected chi connectivity index (χ3v) is 3.16. The van der Waals surface area contributed by atoms with Gasteiger partial charge in [-0.3, -0.25) is 0 Å². The molecule has 1 fully saturated rings. The van der Waals surface area contributed by atoms with Crippen molar-refractivity contribution in [2.45, 2.75) is 18.9 Å². The fraction of sp³-hybridized carbons (Fsp3) is 0.500. The Balaban J connectivity index is 0.00000180. The monoisotopic (exact) mass is 287 g/mol. The number of carbonyl (C=O) groups is 1. The Morgan fingerprint density at radius 3 is 2.68 bits per heavy atom. The molecule has 0 atom stereocenters. The van der Waals surface area contributed by atoms with Gasteiger partial charge in [0.15, 0.2) is 6.20 Å². The highest BCUT2D eigenvalue weighted by Gasteiger charge is 2.20. The van der Waals surface area contributed by atoms with Crippen LogP contribution in [0.1, 0.15) is 23.2 Å². The molecule has 7 heteroatoms. The lowest BCUT2D eigenvalue weighted by molar-refractivity contribution is -0.604. The van der Waals surface area contributed by atoms with Crippen LogP contribution in [-0.2, 0) is 4.74 Å². The number of aromatic nitrogens is 1. The first-order valence-corrected chi connectivity index (χ1v) is 5.93. The molecule has 1 aromatic heterocycles. The SMILES string of the molecule is COC(=O)c1cc(N2CCC(N)CC2)c[n+]([O-])c1.Cl. The third kappa shape index (κ3) is 3.71. The summed E-state index contributed by atoms with van der Waals surface area (Å²) in [6.45, 7) is 1.59. The van der Waals surface area contributed by atoms with Crippen LogP contribution < -0.4 is 15.4 Å². The van der Waals surface area contributed by atoms with Crippen LogP contribution in [0.15, 0.2) is 18.5 Å². The van der Waals surface area contributed by atoms with Gasteiger partial charge < -0.3 is 20.6 Å². The molecule has 1 aromatic rings. The van der Waals surface area contributed by atoms with Gasteiger partial charge in [0.25, 0.3) is 0 Å². The Morgan fingerprint density at radius 2 is 2.11 bits per heavy atom. The maximum Gasteiger partial charge on any atom is 0.344 e. The molecule has 0 bridgehead atoms. The van der Waals surface area contributed by atoms with E-state index in [4.69, 9.17) is 5.73 Å². The van der Waals surface area contributed by atoms with Gasteiger partial charge in [0, 0.05) is 19.1 Å². The van der Waals surface area contributed by atoms with Crippen LogP contribution in [0.3, 0.4) is 0 Å². The maximum absolute atomic E-state index is 11.5. The molecule has 0 aliphatic carbocycles. The Hall–Kier alpha value is -1.53. The molecule has 2 N–H and O–H groups in total. The number of carbonyl (C=O) groups excluding carboxylic acids is 1. The molecular formula is C12H18ClN3O3. The second-order valence-electron chi connectivity index (χ2n) is 4.46. The van der Waals surface area contributed by atoms with E-state index in [0.29, 0.717) is 4.73 Å². The van der Waals surface area contributed by atoms with Crippen molar-refractivity contribution in [1.29, 1.82) is 0 Å². The van der Waals surface area contributed by atoms with Gasteiger partial charge in [-0.05, 0) is 18.9 Å². The summed E-state index contributed by atoms with van der Waals surface area (Å²) in [4.78, 5) is 13.5. The Bertz CT molecular complexity index is 448. The van der Waals surface area contributed by atoms with Crippen LogP contribution in [-0.4, -0.2) is 32.2 Å². The van der Waals surface area contributed by atoms with Crippen LogP contribution >= 0.6 is 12.4 Å². The quantitative estimate of drug-likeness (QED) is 0.485. The molecule has 0 amide bonds. The van der Waals surface area contributed by atoms with Gasteiger partial charge >= 0.3 is 5.97 Å². The smallest absolute Gasteiger partial charge is 0.344 e. The number of methoxy groups -OCH3 is 1. The minimum atomic E-state index is -0.504. The fourth-order valence-corrected chi connectivity index (χ4v) is 2.10. The van der Waals surface area contributed by atoms with Crippen molar-refractivity contribution in [3.8, 4) is 0 Å². The molecule has 0 aromatic carbocycles. The lowest BCUT2D eigenvalue weighted by atomic mass is 10.1. The van der Waals surface area contributed by atoms with E-state index in [0.717, 1.165) is 31.6 Å². The second kappa shape index (κ2) is 6.58. The van der Waals surface area contributed by atoms with E-state index in [1.165, 1.54) is 19.5 Å². The summed E-state index contributed by atoms with van der Waals surface area (Å²) in [5.41, 5.74) is 6.84. The average Bonchev–Trinajstić information content (AvgIpc) is 2.38. The van der Waals surface area contributed by atoms with Gasteiger partial charge in [-0.25, -0.2) is 4.79 Å². The summed E-state index contributed by atoms with van der Waals surface area (Å²) in [5, 5.41) is 11.5. The Kier molecular flexibility index (Phi) is 5.38. The number of rotatable bonds is 2. The topological polar surface area (TPSA) is 82.5 Å². The van der Waals surface area contributed by atoms with Crippen LogP contribution in [0.4, 0.5) is 5.69 Å². The third-order valence-electron chi connectivity index (χ3n) is 3.16. The lowest BCUT2D eigenvalue weighted by Gasteiger charge is -2.31. The van der Waals surface area contributed by atoms with Crippen molar-refractivity contribution < 1.29 is 14.3 Å². The largest absolute Gasteiger partial charge is 0.619 e. The number of nitrogens with two attached hydrogens (primary N) is 1. The number of halogens is 1. The number of hydrogen-bond acceptors (Lipinski definition) is 5. The summed E-state index contributed by atoms with van der Waals surface area (Å²) in [6, 6.07) is 1.90. The number of hydrogen-bond donors (Lipinski definition) is 1. The Labute approximate surface area is 118 Å². The van der Waals surface area contributed by atoms with Gasteiger partial charge in [-0.1, -0.05) is 0 Å². The molecule has 6 nitrogen and oxygen atoms in total. The molecule has 19 heavy (non-hydrogen) atoms. The second-order valence-corrected chi connectivity index (χ2v) is 4.46. The molecule has 2 heterocycles. The van der Waals surface area contributed by atoms with Gasteiger partial charge in [0.2, 0.25) is 6.20 Å². The highest BCUT2D eigenvalue weighted by molar-refractivity contribution is 5.89. The summed E-state index contributed by atoms with van der Waals surface area (Å²) in [7, 11) is 1.30. The van der Waals surface area contributed by atoms with Gasteiger partial charge in [0.05, 0.1) is 7.11 Å². The predicted molar refractivity (Wildman–Crippen MR) is 73.4 cm³/mol. The lowest BCUT2D eigenvalue weighted by Crippen LogP contribution is -2.41. The van der Waals surface area contributed by atoms with E-state index < -0.39 is 5.97 Å². The summed E-state index contributed by atoms with van der Waals surface area (Å²) in [5.74, 6) is -0.504. The number of ether oxygens (including phenoxy) is 1. The average molecular weight is 288 g/mol. The maximum atomic E-state index is 11.5. The number of anilines is 1. The molecule has 2 rings (SSSR count). The minimum absolute atomic E-state index is 0. The normalized spacial score (nSPS) is 15.8. The number of esters is 1. The highest BCUT2D eigenvalue weighted by Crippen LogP contribution is 2.19. The zero-order chi connectivity index (χ0) is 13.1. The van der Waals surface area contributed by atoms with Crippen LogP contribution in [0.5, 0.6) is 0 Å². The van der Waals surface area contributed by atoms with E-state index in [-0.39, 0.29) is 24.0 Å². The number of piperidine rings is 1. The number of pyridine rings is 1.